The lowest BCUT2D eigenvalue weighted by Crippen LogP contribution is -2.51. The van der Waals surface area contributed by atoms with Crippen LogP contribution in [0.5, 0.6) is 5.75 Å². The SMILES string of the molecule is Cc1cc(CN)cc(C)c1NC(=O)c1cc2c(cc1-c1c(C(=O)NCC34CC5CC(CC(C5)C3)C4)ccnc1C(=O)O)OCCc1ccsc1-2. The van der Waals surface area contributed by atoms with E-state index in [0.717, 1.165) is 69.7 Å². The zero-order valence-corrected chi connectivity index (χ0v) is 29.3. The van der Waals surface area contributed by atoms with E-state index in [1.54, 1.807) is 29.5 Å². The summed E-state index contributed by atoms with van der Waals surface area (Å²) in [6, 6.07) is 11.0. The van der Waals surface area contributed by atoms with Gasteiger partial charge in [-0.05, 0) is 127 Å². The molecule has 5 aliphatic rings. The van der Waals surface area contributed by atoms with Gasteiger partial charge in [0.1, 0.15) is 5.75 Å². The van der Waals surface area contributed by atoms with E-state index >= 15 is 0 Å². The number of ether oxygens (including phenoxy) is 1. The summed E-state index contributed by atoms with van der Waals surface area (Å²) in [5.74, 6) is 0.633. The van der Waals surface area contributed by atoms with Crippen molar-refractivity contribution in [1.82, 2.24) is 10.3 Å². The van der Waals surface area contributed by atoms with Gasteiger partial charge in [0.25, 0.3) is 11.8 Å². The van der Waals surface area contributed by atoms with E-state index in [1.165, 1.54) is 25.5 Å². The minimum absolute atomic E-state index is 0.0871. The molecule has 50 heavy (non-hydrogen) atoms. The van der Waals surface area contributed by atoms with E-state index in [-0.39, 0.29) is 39.3 Å². The number of nitrogens with two attached hydrogens (primary N) is 1. The Morgan fingerprint density at radius 2 is 1.66 bits per heavy atom. The third kappa shape index (κ3) is 5.78. The van der Waals surface area contributed by atoms with Gasteiger partial charge < -0.3 is 26.2 Å². The topological polar surface area (TPSA) is 144 Å². The first-order chi connectivity index (χ1) is 24.1. The molecule has 4 fully saturated rings. The molecule has 0 atom stereocenters. The number of fused-ring (bicyclic) bond motifs is 3. The van der Waals surface area contributed by atoms with Crippen LogP contribution >= 0.6 is 11.3 Å². The Hall–Kier alpha value is -4.54. The molecule has 0 radical (unpaired) electrons. The van der Waals surface area contributed by atoms with E-state index < -0.39 is 11.9 Å². The average Bonchev–Trinajstić information content (AvgIpc) is 3.48. The smallest absolute Gasteiger partial charge is 0.355 e. The Bertz CT molecular complexity index is 1990. The number of amides is 2. The fourth-order valence-electron chi connectivity index (χ4n) is 9.82. The highest BCUT2D eigenvalue weighted by atomic mass is 32.1. The van der Waals surface area contributed by atoms with Crippen LogP contribution < -0.4 is 21.1 Å². The van der Waals surface area contributed by atoms with Crippen LogP contribution in [0.1, 0.15) is 92.0 Å². The van der Waals surface area contributed by atoms with Gasteiger partial charge in [0.15, 0.2) is 5.69 Å². The highest BCUT2D eigenvalue weighted by Gasteiger charge is 2.50. The molecule has 4 aliphatic carbocycles. The van der Waals surface area contributed by atoms with Crippen molar-refractivity contribution < 1.29 is 24.2 Å². The number of thiophene rings is 1. The molecule has 2 aromatic heterocycles. The van der Waals surface area contributed by atoms with Crippen LogP contribution in [-0.2, 0) is 13.0 Å². The summed E-state index contributed by atoms with van der Waals surface area (Å²) in [6.45, 7) is 5.19. The summed E-state index contributed by atoms with van der Waals surface area (Å²) >= 11 is 1.57. The van der Waals surface area contributed by atoms with Crippen molar-refractivity contribution in [3.63, 3.8) is 0 Å². The van der Waals surface area contributed by atoms with Crippen molar-refractivity contribution in [2.45, 2.75) is 65.3 Å². The molecule has 9 nitrogen and oxygen atoms in total. The van der Waals surface area contributed by atoms with Crippen molar-refractivity contribution >= 4 is 34.8 Å². The van der Waals surface area contributed by atoms with Crippen molar-refractivity contribution in [3.8, 4) is 27.3 Å². The van der Waals surface area contributed by atoms with Gasteiger partial charge in [0, 0.05) is 58.5 Å². The minimum Gasteiger partial charge on any atom is -0.493 e. The van der Waals surface area contributed by atoms with Gasteiger partial charge in [-0.25, -0.2) is 9.78 Å². The zero-order valence-electron chi connectivity index (χ0n) is 28.4. The second-order valence-corrected chi connectivity index (χ2v) is 15.9. The maximum Gasteiger partial charge on any atom is 0.355 e. The standard InChI is InChI=1S/C40H42N4O5S/c1-21-9-26(19-41)10-22(2)34(21)44-38(46)30-14-31-32(49-7-4-27-5-8-50-36(27)31)15-29(30)33-28(3-6-42-35(33)39(47)48)37(45)43-20-40-16-23-11-24(17-40)13-25(12-23)18-40/h3,5-6,8-10,14-15,23-25H,4,7,11-13,16-20,41H2,1-2H3,(H,43,45)(H,44,46)(H,47,48). The number of carboxylic acids is 1. The number of carboxylic acid groups (broad SMARTS) is 1. The molecule has 5 N–H and O–H groups in total. The van der Waals surface area contributed by atoms with Crippen LogP contribution in [0.4, 0.5) is 5.69 Å². The van der Waals surface area contributed by atoms with Crippen LogP contribution in [0.15, 0.2) is 48.0 Å². The first-order valence-corrected chi connectivity index (χ1v) is 18.5. The van der Waals surface area contributed by atoms with Gasteiger partial charge >= 0.3 is 5.97 Å². The predicted molar refractivity (Wildman–Crippen MR) is 194 cm³/mol. The lowest BCUT2D eigenvalue weighted by molar-refractivity contribution is -0.0503. The fourth-order valence-corrected chi connectivity index (χ4v) is 10.8. The summed E-state index contributed by atoms with van der Waals surface area (Å²) in [5.41, 5.74) is 11.7. The Kier molecular flexibility index (Phi) is 8.26. The number of nitrogens with zero attached hydrogens (tertiary/aromatic N) is 1. The van der Waals surface area contributed by atoms with Gasteiger partial charge in [-0.2, -0.15) is 0 Å². The Morgan fingerprint density at radius 1 is 0.960 bits per heavy atom. The normalized spacial score (nSPS) is 23.0. The quantitative estimate of drug-likeness (QED) is 0.151. The van der Waals surface area contributed by atoms with Crippen molar-refractivity contribution in [2.24, 2.45) is 28.9 Å². The number of pyridine rings is 1. The Morgan fingerprint density at radius 3 is 2.32 bits per heavy atom. The summed E-state index contributed by atoms with van der Waals surface area (Å²) in [6.07, 6.45) is 9.35. The molecule has 258 valence electrons. The molecule has 4 saturated carbocycles. The van der Waals surface area contributed by atoms with E-state index in [0.29, 0.717) is 37.6 Å². The highest BCUT2D eigenvalue weighted by molar-refractivity contribution is 7.13. The fraction of sp³-hybridized carbons (Fsp3) is 0.400. The van der Waals surface area contributed by atoms with Crippen LogP contribution in [0.3, 0.4) is 0 Å². The van der Waals surface area contributed by atoms with Gasteiger partial charge in [-0.15, -0.1) is 11.3 Å². The molecule has 2 aromatic carbocycles. The number of nitrogens with one attached hydrogen (secondary N) is 2. The largest absolute Gasteiger partial charge is 0.493 e. The highest BCUT2D eigenvalue weighted by Crippen LogP contribution is 2.59. The Labute approximate surface area is 295 Å². The molecule has 3 heterocycles. The molecule has 4 aromatic rings. The van der Waals surface area contributed by atoms with Crippen LogP contribution in [0, 0.1) is 37.0 Å². The number of benzene rings is 2. The number of hydrogen-bond donors (Lipinski definition) is 4. The van der Waals surface area contributed by atoms with Gasteiger partial charge in [0.05, 0.1) is 12.2 Å². The second kappa shape index (κ2) is 12.7. The van der Waals surface area contributed by atoms with E-state index in [2.05, 4.69) is 21.7 Å². The molecule has 0 unspecified atom stereocenters. The number of anilines is 1. The summed E-state index contributed by atoms with van der Waals surface area (Å²) < 4.78 is 6.25. The molecule has 0 saturated heterocycles. The molecule has 0 spiro atoms. The molecule has 2 amide bonds. The van der Waals surface area contributed by atoms with Gasteiger partial charge in [-0.3, -0.25) is 9.59 Å². The van der Waals surface area contributed by atoms with E-state index in [9.17, 15) is 19.5 Å². The van der Waals surface area contributed by atoms with E-state index in [4.69, 9.17) is 10.5 Å². The maximum atomic E-state index is 14.5. The van der Waals surface area contributed by atoms with Crippen molar-refractivity contribution in [3.05, 3.63) is 87.0 Å². The summed E-state index contributed by atoms with van der Waals surface area (Å²) in [5, 5.41) is 18.8. The van der Waals surface area contributed by atoms with Crippen LogP contribution in [0.2, 0.25) is 0 Å². The first-order valence-electron chi connectivity index (χ1n) is 17.6. The minimum atomic E-state index is -1.29. The van der Waals surface area contributed by atoms with Crippen LogP contribution in [0.25, 0.3) is 21.6 Å². The summed E-state index contributed by atoms with van der Waals surface area (Å²) in [4.78, 5) is 46.8. The number of carbonyl (C=O) groups is 3. The van der Waals surface area contributed by atoms with Crippen molar-refractivity contribution in [2.75, 3.05) is 18.5 Å². The molecular weight excluding hydrogens is 649 g/mol. The van der Waals surface area contributed by atoms with Crippen LogP contribution in [-0.4, -0.2) is 41.0 Å². The van der Waals surface area contributed by atoms with Gasteiger partial charge in [0.2, 0.25) is 0 Å². The predicted octanol–water partition coefficient (Wildman–Crippen LogP) is 7.38. The molecule has 4 bridgehead atoms. The molecule has 10 heteroatoms. The van der Waals surface area contributed by atoms with Gasteiger partial charge in [-0.1, -0.05) is 12.1 Å². The summed E-state index contributed by atoms with van der Waals surface area (Å²) in [7, 11) is 0. The second-order valence-electron chi connectivity index (χ2n) is 15.0. The Balaban J connectivity index is 1.23. The number of carbonyl (C=O) groups excluding carboxylic acids is 2. The lowest BCUT2D eigenvalue weighted by Gasteiger charge is -2.56. The number of aryl methyl sites for hydroxylation is 2. The third-order valence-corrected chi connectivity index (χ3v) is 12.5. The maximum absolute atomic E-state index is 14.5. The average molecular weight is 691 g/mol. The van der Waals surface area contributed by atoms with E-state index in [1.807, 2.05) is 31.4 Å². The number of aromatic carboxylic acids is 1. The lowest BCUT2D eigenvalue weighted by atomic mass is 9.49. The molecule has 1 aliphatic heterocycles. The first kappa shape index (κ1) is 32.7. The van der Waals surface area contributed by atoms with Crippen molar-refractivity contribution in [1.29, 1.82) is 0 Å². The number of aromatic nitrogens is 1. The third-order valence-electron chi connectivity index (χ3n) is 11.5. The molecular formula is C40H42N4O5S. The number of hydrogen-bond acceptors (Lipinski definition) is 7. The molecule has 9 rings (SSSR count). The monoisotopic (exact) mass is 690 g/mol. The zero-order chi connectivity index (χ0) is 34.7. The number of rotatable bonds is 8.